The summed E-state index contributed by atoms with van der Waals surface area (Å²) in [6, 6.07) is 4.57. The summed E-state index contributed by atoms with van der Waals surface area (Å²) in [6.07, 6.45) is 1.80. The largest absolute Gasteiger partial charge is 0.398 e. The lowest BCUT2D eigenvalue weighted by Gasteiger charge is -2.33. The van der Waals surface area contributed by atoms with E-state index in [1.54, 1.807) is 6.07 Å². The molecule has 4 nitrogen and oxygen atoms in total. The molecule has 1 heterocycles. The third-order valence-electron chi connectivity index (χ3n) is 4.03. The molecule has 0 aromatic heterocycles. The third-order valence-corrected chi connectivity index (χ3v) is 6.22. The van der Waals surface area contributed by atoms with Crippen LogP contribution in [-0.4, -0.2) is 25.8 Å². The van der Waals surface area contributed by atoms with E-state index in [9.17, 15) is 8.42 Å². The number of nitrogen functional groups attached to an aromatic ring is 1. The Morgan fingerprint density at radius 1 is 1.30 bits per heavy atom. The first-order valence-corrected chi connectivity index (χ1v) is 8.69. The van der Waals surface area contributed by atoms with E-state index in [2.05, 4.69) is 13.8 Å². The highest BCUT2D eigenvalue weighted by molar-refractivity contribution is 7.89. The van der Waals surface area contributed by atoms with E-state index in [0.29, 0.717) is 29.9 Å². The average Bonchev–Trinajstić information content (AvgIpc) is 2.41. The second-order valence-electron chi connectivity index (χ2n) is 5.67. The number of sulfonamides is 1. The zero-order valence-corrected chi connectivity index (χ0v) is 13.4. The van der Waals surface area contributed by atoms with Crippen molar-refractivity contribution in [1.29, 1.82) is 0 Å². The van der Waals surface area contributed by atoms with Crippen molar-refractivity contribution >= 4 is 27.3 Å². The van der Waals surface area contributed by atoms with Crippen molar-refractivity contribution in [3.8, 4) is 0 Å². The first kappa shape index (κ1) is 15.6. The van der Waals surface area contributed by atoms with Crippen LogP contribution in [0.15, 0.2) is 23.1 Å². The summed E-state index contributed by atoms with van der Waals surface area (Å²) in [7, 11) is -3.54. The number of hydrogen-bond acceptors (Lipinski definition) is 3. The zero-order chi connectivity index (χ0) is 14.9. The Morgan fingerprint density at radius 2 is 1.90 bits per heavy atom. The first-order chi connectivity index (χ1) is 9.32. The summed E-state index contributed by atoms with van der Waals surface area (Å²) in [5.41, 5.74) is 6.04. The van der Waals surface area contributed by atoms with Crippen LogP contribution in [0.1, 0.15) is 26.7 Å². The standard InChI is InChI=1S/C14H21ClN2O2S/c1-10(2)11-5-7-17(8-6-11)20(18,19)14-9-12(15)3-4-13(14)16/h3-4,9-11H,5-8,16H2,1-2H3. The topological polar surface area (TPSA) is 63.4 Å². The number of rotatable bonds is 3. The quantitative estimate of drug-likeness (QED) is 0.872. The summed E-state index contributed by atoms with van der Waals surface area (Å²) in [6.45, 7) is 5.47. The summed E-state index contributed by atoms with van der Waals surface area (Å²) < 4.78 is 26.8. The van der Waals surface area contributed by atoms with Crippen molar-refractivity contribution in [3.63, 3.8) is 0 Å². The van der Waals surface area contributed by atoms with Crippen LogP contribution in [0.25, 0.3) is 0 Å². The van der Waals surface area contributed by atoms with Crippen LogP contribution in [0.2, 0.25) is 5.02 Å². The van der Waals surface area contributed by atoms with Gasteiger partial charge in [0.05, 0.1) is 5.69 Å². The number of halogens is 1. The number of piperidine rings is 1. The SMILES string of the molecule is CC(C)C1CCN(S(=O)(=O)c2cc(Cl)ccc2N)CC1. The van der Waals surface area contributed by atoms with E-state index in [1.807, 2.05) is 0 Å². The van der Waals surface area contributed by atoms with Gasteiger partial charge in [-0.2, -0.15) is 4.31 Å². The van der Waals surface area contributed by atoms with Gasteiger partial charge < -0.3 is 5.73 Å². The molecule has 1 fully saturated rings. The fraction of sp³-hybridized carbons (Fsp3) is 0.571. The fourth-order valence-corrected chi connectivity index (χ4v) is 4.50. The highest BCUT2D eigenvalue weighted by Gasteiger charge is 2.31. The van der Waals surface area contributed by atoms with Gasteiger partial charge in [0.1, 0.15) is 4.90 Å². The predicted octanol–water partition coefficient (Wildman–Crippen LogP) is 2.98. The van der Waals surface area contributed by atoms with Gasteiger partial charge in [-0.05, 0) is 42.9 Å². The van der Waals surface area contributed by atoms with Crippen LogP contribution in [-0.2, 0) is 10.0 Å². The summed E-state index contributed by atoms with van der Waals surface area (Å²) in [5, 5.41) is 0.384. The van der Waals surface area contributed by atoms with E-state index >= 15 is 0 Å². The van der Waals surface area contributed by atoms with Crippen molar-refractivity contribution < 1.29 is 8.42 Å². The molecule has 0 amide bonds. The van der Waals surface area contributed by atoms with Crippen LogP contribution in [0.3, 0.4) is 0 Å². The van der Waals surface area contributed by atoms with Crippen molar-refractivity contribution in [2.24, 2.45) is 11.8 Å². The smallest absolute Gasteiger partial charge is 0.245 e. The Morgan fingerprint density at radius 3 is 2.45 bits per heavy atom. The summed E-state index contributed by atoms with van der Waals surface area (Å²) >= 11 is 5.89. The summed E-state index contributed by atoms with van der Waals surface area (Å²) in [5.74, 6) is 1.19. The van der Waals surface area contributed by atoms with E-state index in [4.69, 9.17) is 17.3 Å². The molecule has 2 N–H and O–H groups in total. The number of nitrogens with two attached hydrogens (primary N) is 1. The van der Waals surface area contributed by atoms with Gasteiger partial charge in [0.25, 0.3) is 0 Å². The van der Waals surface area contributed by atoms with Gasteiger partial charge in [-0.3, -0.25) is 0 Å². The number of benzene rings is 1. The van der Waals surface area contributed by atoms with Crippen molar-refractivity contribution in [2.75, 3.05) is 18.8 Å². The van der Waals surface area contributed by atoms with Gasteiger partial charge in [-0.15, -0.1) is 0 Å². The molecule has 0 atom stereocenters. The Bertz CT molecular complexity index is 579. The van der Waals surface area contributed by atoms with E-state index in [-0.39, 0.29) is 10.6 Å². The van der Waals surface area contributed by atoms with Gasteiger partial charge in [0, 0.05) is 18.1 Å². The highest BCUT2D eigenvalue weighted by Crippen LogP contribution is 2.31. The lowest BCUT2D eigenvalue weighted by atomic mass is 9.87. The Labute approximate surface area is 126 Å². The number of hydrogen-bond donors (Lipinski definition) is 1. The Kier molecular flexibility index (Phi) is 4.62. The van der Waals surface area contributed by atoms with Gasteiger partial charge in [0.2, 0.25) is 10.0 Å². The van der Waals surface area contributed by atoms with Gasteiger partial charge in [0.15, 0.2) is 0 Å². The second-order valence-corrected chi connectivity index (χ2v) is 8.01. The molecule has 1 aromatic carbocycles. The van der Waals surface area contributed by atoms with Gasteiger partial charge in [-0.25, -0.2) is 8.42 Å². The molecule has 0 unspecified atom stereocenters. The molecule has 0 radical (unpaired) electrons. The first-order valence-electron chi connectivity index (χ1n) is 6.87. The van der Waals surface area contributed by atoms with E-state index in [1.165, 1.54) is 16.4 Å². The van der Waals surface area contributed by atoms with Crippen LogP contribution in [0.4, 0.5) is 5.69 Å². The maximum atomic E-state index is 12.6. The molecule has 1 aliphatic rings. The van der Waals surface area contributed by atoms with Gasteiger partial charge >= 0.3 is 0 Å². The summed E-state index contributed by atoms with van der Waals surface area (Å²) in [4.78, 5) is 0.119. The van der Waals surface area contributed by atoms with Crippen LogP contribution in [0, 0.1) is 11.8 Å². The molecule has 1 saturated heterocycles. The molecule has 0 spiro atoms. The molecule has 6 heteroatoms. The van der Waals surface area contributed by atoms with Crippen LogP contribution < -0.4 is 5.73 Å². The molecule has 1 aromatic rings. The van der Waals surface area contributed by atoms with Crippen LogP contribution >= 0.6 is 11.6 Å². The fourth-order valence-electron chi connectivity index (χ4n) is 2.65. The minimum absolute atomic E-state index is 0.119. The molecular weight excluding hydrogens is 296 g/mol. The Hall–Kier alpha value is -0.780. The second kappa shape index (κ2) is 5.92. The monoisotopic (exact) mass is 316 g/mol. The number of anilines is 1. The van der Waals surface area contributed by atoms with Crippen LogP contribution in [0.5, 0.6) is 0 Å². The molecule has 1 aliphatic heterocycles. The predicted molar refractivity (Wildman–Crippen MR) is 82.2 cm³/mol. The lowest BCUT2D eigenvalue weighted by Crippen LogP contribution is -2.39. The lowest BCUT2D eigenvalue weighted by molar-refractivity contribution is 0.226. The maximum absolute atomic E-state index is 12.6. The average molecular weight is 317 g/mol. The number of nitrogens with zero attached hydrogens (tertiary/aromatic N) is 1. The van der Waals surface area contributed by atoms with Crippen molar-refractivity contribution in [3.05, 3.63) is 23.2 Å². The van der Waals surface area contributed by atoms with Crippen molar-refractivity contribution in [2.45, 2.75) is 31.6 Å². The highest BCUT2D eigenvalue weighted by atomic mass is 35.5. The molecule has 0 saturated carbocycles. The molecule has 2 rings (SSSR count). The molecule has 0 bridgehead atoms. The molecular formula is C14H21ClN2O2S. The zero-order valence-electron chi connectivity index (χ0n) is 11.8. The Balaban J connectivity index is 2.22. The third kappa shape index (κ3) is 3.10. The minimum atomic E-state index is -3.54. The van der Waals surface area contributed by atoms with E-state index in [0.717, 1.165) is 12.8 Å². The van der Waals surface area contributed by atoms with Crippen molar-refractivity contribution in [1.82, 2.24) is 4.31 Å². The molecule has 0 aliphatic carbocycles. The van der Waals surface area contributed by atoms with Gasteiger partial charge in [-0.1, -0.05) is 25.4 Å². The normalized spacial score (nSPS) is 18.6. The van der Waals surface area contributed by atoms with E-state index < -0.39 is 10.0 Å². The molecule has 20 heavy (non-hydrogen) atoms. The maximum Gasteiger partial charge on any atom is 0.245 e. The minimum Gasteiger partial charge on any atom is -0.398 e. The molecule has 112 valence electrons.